The number of benzene rings is 1. The Bertz CT molecular complexity index is 930. The Morgan fingerprint density at radius 3 is 2.81 bits per heavy atom. The average Bonchev–Trinajstić information content (AvgIpc) is 3.26. The lowest BCUT2D eigenvalue weighted by Gasteiger charge is -2.31. The van der Waals surface area contributed by atoms with Gasteiger partial charge in [0.05, 0.1) is 17.3 Å². The van der Waals surface area contributed by atoms with Crippen LogP contribution < -0.4 is 9.47 Å². The first-order chi connectivity index (χ1) is 12.6. The molecule has 1 amide bonds. The van der Waals surface area contributed by atoms with Gasteiger partial charge in [0.1, 0.15) is 11.9 Å². The average molecular weight is 437 g/mol. The topological polar surface area (TPSA) is 64.8 Å². The highest BCUT2D eigenvalue weighted by molar-refractivity contribution is 9.10. The van der Waals surface area contributed by atoms with Gasteiger partial charge in [-0.15, -0.1) is 0 Å². The molecular formula is C18H17BrN2O4S. The predicted molar refractivity (Wildman–Crippen MR) is 102 cm³/mol. The number of halogens is 1. The van der Waals surface area contributed by atoms with Crippen LogP contribution in [-0.4, -0.2) is 42.1 Å². The summed E-state index contributed by atoms with van der Waals surface area (Å²) in [6.45, 7) is 1.28. The fourth-order valence-corrected chi connectivity index (χ4v) is 4.14. The summed E-state index contributed by atoms with van der Waals surface area (Å²) in [4.78, 5) is 18.7. The molecule has 1 aromatic carbocycles. The molecule has 0 radical (unpaired) electrons. The zero-order valence-electron chi connectivity index (χ0n) is 14.1. The van der Waals surface area contributed by atoms with Crippen molar-refractivity contribution in [2.45, 2.75) is 18.9 Å². The van der Waals surface area contributed by atoms with Crippen LogP contribution in [0.25, 0.3) is 10.2 Å². The highest BCUT2D eigenvalue weighted by Gasteiger charge is 2.27. The Labute approximate surface area is 162 Å². The van der Waals surface area contributed by atoms with E-state index in [1.165, 1.54) is 11.3 Å². The van der Waals surface area contributed by atoms with E-state index < -0.39 is 0 Å². The zero-order chi connectivity index (χ0) is 18.1. The Morgan fingerprint density at radius 2 is 2.12 bits per heavy atom. The molecule has 2 aromatic heterocycles. The van der Waals surface area contributed by atoms with Gasteiger partial charge in [-0.3, -0.25) is 4.79 Å². The standard InChI is InChI=1S/C18H17BrN2O4S/c1-23-12-2-4-15-13(10-12)20-18(26-15)24-11-6-8-21(9-7-11)17(22)14-3-5-16(19)25-14/h2-5,10-11H,6-9H2,1H3. The third-order valence-corrected chi connectivity index (χ3v) is 5.71. The van der Waals surface area contributed by atoms with E-state index in [-0.39, 0.29) is 12.0 Å². The van der Waals surface area contributed by atoms with Crippen LogP contribution in [0.4, 0.5) is 0 Å². The number of hydrogen-bond donors (Lipinski definition) is 0. The summed E-state index contributed by atoms with van der Waals surface area (Å²) in [5.41, 5.74) is 0.875. The van der Waals surface area contributed by atoms with Gasteiger partial charge in [-0.05, 0) is 40.2 Å². The maximum atomic E-state index is 12.4. The van der Waals surface area contributed by atoms with Crippen LogP contribution in [0, 0.1) is 0 Å². The van der Waals surface area contributed by atoms with Crippen molar-refractivity contribution >= 4 is 43.4 Å². The molecule has 6 nitrogen and oxygen atoms in total. The second kappa shape index (κ2) is 7.28. The minimum atomic E-state index is -0.0822. The first-order valence-corrected chi connectivity index (χ1v) is 9.89. The van der Waals surface area contributed by atoms with E-state index in [0.29, 0.717) is 28.7 Å². The number of rotatable bonds is 4. The molecule has 1 saturated heterocycles. The van der Waals surface area contributed by atoms with Crippen molar-refractivity contribution in [1.29, 1.82) is 0 Å². The normalized spacial score (nSPS) is 15.4. The van der Waals surface area contributed by atoms with Gasteiger partial charge < -0.3 is 18.8 Å². The molecule has 0 atom stereocenters. The minimum absolute atomic E-state index is 0.0600. The number of carbonyl (C=O) groups is 1. The van der Waals surface area contributed by atoms with Crippen LogP contribution in [0.15, 0.2) is 39.4 Å². The van der Waals surface area contributed by atoms with E-state index in [0.717, 1.165) is 28.8 Å². The lowest BCUT2D eigenvalue weighted by atomic mass is 10.1. The molecule has 0 unspecified atom stereocenters. The quantitative estimate of drug-likeness (QED) is 0.608. The smallest absolute Gasteiger partial charge is 0.289 e. The maximum absolute atomic E-state index is 12.4. The van der Waals surface area contributed by atoms with Gasteiger partial charge in [0.25, 0.3) is 11.1 Å². The Balaban J connectivity index is 1.37. The van der Waals surface area contributed by atoms with Gasteiger partial charge >= 0.3 is 0 Å². The summed E-state index contributed by atoms with van der Waals surface area (Å²) in [5.74, 6) is 1.06. The second-order valence-corrected chi connectivity index (χ2v) is 7.80. The Kier molecular flexibility index (Phi) is 4.86. The fraction of sp³-hybridized carbons (Fsp3) is 0.333. The van der Waals surface area contributed by atoms with E-state index in [1.54, 1.807) is 24.1 Å². The van der Waals surface area contributed by atoms with Crippen molar-refractivity contribution in [1.82, 2.24) is 9.88 Å². The Morgan fingerprint density at radius 1 is 1.31 bits per heavy atom. The number of furan rings is 1. The first-order valence-electron chi connectivity index (χ1n) is 8.28. The van der Waals surface area contributed by atoms with Gasteiger partial charge in [0.2, 0.25) is 0 Å². The number of aromatic nitrogens is 1. The number of carbonyl (C=O) groups excluding carboxylic acids is 1. The van der Waals surface area contributed by atoms with Gasteiger partial charge in [-0.1, -0.05) is 11.3 Å². The highest BCUT2D eigenvalue weighted by atomic mass is 79.9. The number of hydrogen-bond acceptors (Lipinski definition) is 6. The highest BCUT2D eigenvalue weighted by Crippen LogP contribution is 2.32. The fourth-order valence-electron chi connectivity index (χ4n) is 2.97. The van der Waals surface area contributed by atoms with Crippen molar-refractivity contribution in [3.8, 4) is 10.9 Å². The number of fused-ring (bicyclic) bond motifs is 1. The SMILES string of the molecule is COc1ccc2sc(OC3CCN(C(=O)c4ccc(Br)o4)CC3)nc2c1. The monoisotopic (exact) mass is 436 g/mol. The number of likely N-dealkylation sites (tertiary alicyclic amines) is 1. The first kappa shape index (κ1) is 17.4. The molecule has 3 aromatic rings. The van der Waals surface area contributed by atoms with Crippen molar-refractivity contribution in [3.05, 3.63) is 40.8 Å². The number of piperidine rings is 1. The summed E-state index contributed by atoms with van der Waals surface area (Å²) < 4.78 is 18.3. The van der Waals surface area contributed by atoms with Crippen molar-refractivity contribution in [2.24, 2.45) is 0 Å². The molecule has 1 fully saturated rings. The molecule has 0 N–H and O–H groups in total. The number of ether oxygens (including phenoxy) is 2. The number of thiazole rings is 1. The van der Waals surface area contributed by atoms with Crippen LogP contribution >= 0.6 is 27.3 Å². The van der Waals surface area contributed by atoms with E-state index in [2.05, 4.69) is 20.9 Å². The summed E-state index contributed by atoms with van der Waals surface area (Å²) in [5, 5.41) is 0.660. The molecule has 136 valence electrons. The van der Waals surface area contributed by atoms with Crippen LogP contribution in [0.2, 0.25) is 0 Å². The van der Waals surface area contributed by atoms with Crippen molar-refractivity contribution < 1.29 is 18.7 Å². The van der Waals surface area contributed by atoms with E-state index in [9.17, 15) is 4.79 Å². The third kappa shape index (κ3) is 3.57. The van der Waals surface area contributed by atoms with Crippen LogP contribution in [0.3, 0.4) is 0 Å². The lowest BCUT2D eigenvalue weighted by molar-refractivity contribution is 0.0565. The van der Waals surface area contributed by atoms with Crippen molar-refractivity contribution in [3.63, 3.8) is 0 Å². The molecule has 8 heteroatoms. The van der Waals surface area contributed by atoms with Crippen molar-refractivity contribution in [2.75, 3.05) is 20.2 Å². The minimum Gasteiger partial charge on any atom is -0.497 e. The summed E-state index contributed by atoms with van der Waals surface area (Å²) in [6.07, 6.45) is 1.60. The van der Waals surface area contributed by atoms with Crippen LogP contribution in [0.1, 0.15) is 23.4 Å². The molecule has 1 aliphatic rings. The van der Waals surface area contributed by atoms with E-state index in [1.807, 2.05) is 18.2 Å². The van der Waals surface area contributed by atoms with E-state index in [4.69, 9.17) is 13.9 Å². The molecule has 1 aliphatic heterocycles. The maximum Gasteiger partial charge on any atom is 0.289 e. The van der Waals surface area contributed by atoms with E-state index >= 15 is 0 Å². The molecule has 0 bridgehead atoms. The number of nitrogens with zero attached hydrogens (tertiary/aromatic N) is 2. The van der Waals surface area contributed by atoms with Crippen LogP contribution in [-0.2, 0) is 0 Å². The summed E-state index contributed by atoms with van der Waals surface area (Å²) >= 11 is 4.75. The largest absolute Gasteiger partial charge is 0.497 e. The Hall–Kier alpha value is -2.06. The predicted octanol–water partition coefficient (Wildman–Crippen LogP) is 4.34. The van der Waals surface area contributed by atoms with Crippen LogP contribution in [0.5, 0.6) is 10.9 Å². The third-order valence-electron chi connectivity index (χ3n) is 4.36. The summed E-state index contributed by atoms with van der Waals surface area (Å²) in [7, 11) is 1.64. The molecule has 0 saturated carbocycles. The van der Waals surface area contributed by atoms with Gasteiger partial charge in [0, 0.05) is 32.0 Å². The zero-order valence-corrected chi connectivity index (χ0v) is 16.5. The van der Waals surface area contributed by atoms with Gasteiger partial charge in [-0.2, -0.15) is 0 Å². The number of methoxy groups -OCH3 is 1. The molecule has 0 spiro atoms. The molecular weight excluding hydrogens is 420 g/mol. The molecule has 3 heterocycles. The lowest BCUT2D eigenvalue weighted by Crippen LogP contribution is -2.41. The molecule has 0 aliphatic carbocycles. The van der Waals surface area contributed by atoms with Gasteiger partial charge in [0.15, 0.2) is 10.4 Å². The molecule has 4 rings (SSSR count). The summed E-state index contributed by atoms with van der Waals surface area (Å²) in [6, 6.07) is 9.22. The van der Waals surface area contributed by atoms with Gasteiger partial charge in [-0.25, -0.2) is 4.98 Å². The second-order valence-electron chi connectivity index (χ2n) is 6.03. The molecule has 26 heavy (non-hydrogen) atoms. The number of amides is 1.